The molecule has 1 fully saturated rings. The Bertz CT molecular complexity index is 1180. The van der Waals surface area contributed by atoms with E-state index in [-0.39, 0.29) is 12.5 Å². The van der Waals surface area contributed by atoms with Gasteiger partial charge in [0.05, 0.1) is 6.54 Å². The zero-order valence-electron chi connectivity index (χ0n) is 20.2. The molecule has 5 rings (SSSR count). The quantitative estimate of drug-likeness (QED) is 0.583. The summed E-state index contributed by atoms with van der Waals surface area (Å²) < 4.78 is 4.40. The summed E-state index contributed by atoms with van der Waals surface area (Å²) in [5, 5.41) is 4.30. The standard InChI is InChI=1S/C26H32N6OS/c1-4-24-28-26(34-29-24)19-9-8-18(2)21(16-19)27-17-25(33)32-11-10-20-22(6-5-7-23(20)32)31-14-12-30(3)13-15-31/h5-9,16,27H,4,10-15,17H2,1-3H3. The van der Waals surface area contributed by atoms with E-state index in [0.717, 1.165) is 78.9 Å². The summed E-state index contributed by atoms with van der Waals surface area (Å²) in [6, 6.07) is 12.6. The number of piperazine rings is 1. The molecule has 0 spiro atoms. The SMILES string of the molecule is CCc1nsc(-c2ccc(C)c(NCC(=O)N3CCc4c(N5CCN(C)CC5)cccc43)c2)n1. The van der Waals surface area contributed by atoms with Crippen LogP contribution >= 0.6 is 11.5 Å². The van der Waals surface area contributed by atoms with Crippen LogP contribution in [-0.4, -0.2) is 66.5 Å². The molecule has 2 aliphatic rings. The first-order valence-corrected chi connectivity index (χ1v) is 12.8. The molecule has 34 heavy (non-hydrogen) atoms. The Kier molecular flexibility index (Phi) is 6.52. The minimum absolute atomic E-state index is 0.100. The average molecular weight is 477 g/mol. The first kappa shape index (κ1) is 22.8. The molecule has 0 aliphatic carbocycles. The lowest BCUT2D eigenvalue weighted by Gasteiger charge is -2.35. The number of anilines is 3. The number of nitrogens with one attached hydrogen (secondary N) is 1. The smallest absolute Gasteiger partial charge is 0.246 e. The Labute approximate surface area is 205 Å². The van der Waals surface area contributed by atoms with E-state index in [1.807, 2.05) is 4.90 Å². The normalized spacial score (nSPS) is 16.1. The molecule has 178 valence electrons. The summed E-state index contributed by atoms with van der Waals surface area (Å²) in [6.07, 6.45) is 1.74. The summed E-state index contributed by atoms with van der Waals surface area (Å²) in [7, 11) is 2.17. The molecule has 0 atom stereocenters. The lowest BCUT2D eigenvalue weighted by molar-refractivity contribution is -0.116. The van der Waals surface area contributed by atoms with Gasteiger partial charge in [0.25, 0.3) is 0 Å². The summed E-state index contributed by atoms with van der Waals surface area (Å²) >= 11 is 1.42. The zero-order valence-corrected chi connectivity index (χ0v) is 21.0. The van der Waals surface area contributed by atoms with E-state index in [9.17, 15) is 4.79 Å². The monoisotopic (exact) mass is 476 g/mol. The van der Waals surface area contributed by atoms with Crippen molar-refractivity contribution in [1.82, 2.24) is 14.3 Å². The summed E-state index contributed by atoms with van der Waals surface area (Å²) in [5.41, 5.74) is 6.76. The van der Waals surface area contributed by atoms with Gasteiger partial charge in [-0.2, -0.15) is 4.37 Å². The number of aromatic nitrogens is 2. The Balaban J connectivity index is 1.29. The number of carbonyl (C=O) groups is 1. The lowest BCUT2D eigenvalue weighted by atomic mass is 10.1. The third-order valence-corrected chi connectivity index (χ3v) is 7.65. The van der Waals surface area contributed by atoms with Crippen molar-refractivity contribution in [1.29, 1.82) is 0 Å². The topological polar surface area (TPSA) is 64.6 Å². The van der Waals surface area contributed by atoms with Crippen LogP contribution in [0.2, 0.25) is 0 Å². The van der Waals surface area contributed by atoms with Gasteiger partial charge in [-0.1, -0.05) is 25.1 Å². The molecule has 0 unspecified atom stereocenters. The van der Waals surface area contributed by atoms with Crippen molar-refractivity contribution >= 4 is 34.5 Å². The van der Waals surface area contributed by atoms with Crippen molar-refractivity contribution in [3.63, 3.8) is 0 Å². The van der Waals surface area contributed by atoms with Gasteiger partial charge in [0, 0.05) is 67.3 Å². The van der Waals surface area contributed by atoms with E-state index in [4.69, 9.17) is 0 Å². The molecular weight excluding hydrogens is 444 g/mol. The van der Waals surface area contributed by atoms with Crippen LogP contribution in [0.4, 0.5) is 17.1 Å². The van der Waals surface area contributed by atoms with Crippen LogP contribution < -0.4 is 15.1 Å². The number of hydrogen-bond acceptors (Lipinski definition) is 7. The summed E-state index contributed by atoms with van der Waals surface area (Å²) in [4.78, 5) is 24.6. The van der Waals surface area contributed by atoms with E-state index in [1.165, 1.54) is 22.8 Å². The largest absolute Gasteiger partial charge is 0.376 e. The highest BCUT2D eigenvalue weighted by molar-refractivity contribution is 7.09. The summed E-state index contributed by atoms with van der Waals surface area (Å²) in [6.45, 7) is 9.34. The summed E-state index contributed by atoms with van der Waals surface area (Å²) in [5.74, 6) is 0.970. The number of aryl methyl sites for hydroxylation is 2. The molecule has 0 radical (unpaired) electrons. The highest BCUT2D eigenvalue weighted by atomic mass is 32.1. The molecule has 2 aromatic carbocycles. The van der Waals surface area contributed by atoms with E-state index >= 15 is 0 Å². The predicted molar refractivity (Wildman–Crippen MR) is 140 cm³/mol. The molecule has 1 aromatic heterocycles. The lowest BCUT2D eigenvalue weighted by Crippen LogP contribution is -2.44. The van der Waals surface area contributed by atoms with Gasteiger partial charge in [-0.25, -0.2) is 4.98 Å². The third kappa shape index (κ3) is 4.52. The highest BCUT2D eigenvalue weighted by Gasteiger charge is 2.28. The van der Waals surface area contributed by atoms with Crippen LogP contribution in [-0.2, 0) is 17.6 Å². The van der Waals surface area contributed by atoms with Crippen molar-refractivity contribution in [2.75, 3.05) is 61.4 Å². The number of carbonyl (C=O) groups excluding carboxylic acids is 1. The van der Waals surface area contributed by atoms with Gasteiger partial charge in [-0.3, -0.25) is 4.79 Å². The van der Waals surface area contributed by atoms with E-state index < -0.39 is 0 Å². The second kappa shape index (κ2) is 9.72. The van der Waals surface area contributed by atoms with Gasteiger partial charge in [-0.05, 0) is 55.7 Å². The first-order valence-electron chi connectivity index (χ1n) is 12.1. The number of benzene rings is 2. The molecule has 3 heterocycles. The fraction of sp³-hybridized carbons (Fsp3) is 0.423. The predicted octanol–water partition coefficient (Wildman–Crippen LogP) is 3.83. The maximum absolute atomic E-state index is 13.2. The van der Waals surface area contributed by atoms with E-state index in [2.05, 4.69) is 81.8 Å². The fourth-order valence-electron chi connectivity index (χ4n) is 4.75. The maximum Gasteiger partial charge on any atom is 0.246 e. The van der Waals surface area contributed by atoms with Crippen molar-refractivity contribution in [2.24, 2.45) is 0 Å². The second-order valence-electron chi connectivity index (χ2n) is 9.11. The van der Waals surface area contributed by atoms with Gasteiger partial charge >= 0.3 is 0 Å². The number of likely N-dealkylation sites (N-methyl/N-ethyl adjacent to an activating group) is 1. The minimum atomic E-state index is 0.100. The van der Waals surface area contributed by atoms with Crippen molar-refractivity contribution in [3.8, 4) is 10.6 Å². The van der Waals surface area contributed by atoms with Crippen molar-refractivity contribution in [3.05, 3.63) is 53.3 Å². The third-order valence-electron chi connectivity index (χ3n) is 6.85. The van der Waals surface area contributed by atoms with Gasteiger partial charge in [0.2, 0.25) is 5.91 Å². The molecule has 3 aromatic rings. The van der Waals surface area contributed by atoms with Crippen LogP contribution in [0.15, 0.2) is 36.4 Å². The molecule has 0 saturated carbocycles. The zero-order chi connectivity index (χ0) is 23.7. The molecule has 8 heteroatoms. The molecular formula is C26H32N6OS. The van der Waals surface area contributed by atoms with Gasteiger partial charge in [0.1, 0.15) is 10.8 Å². The number of amides is 1. The molecule has 7 nitrogen and oxygen atoms in total. The average Bonchev–Trinajstić information content (AvgIpc) is 3.51. The van der Waals surface area contributed by atoms with Crippen LogP contribution in [0.3, 0.4) is 0 Å². The molecule has 0 bridgehead atoms. The van der Waals surface area contributed by atoms with Crippen LogP contribution in [0.25, 0.3) is 10.6 Å². The molecule has 2 aliphatic heterocycles. The Morgan fingerprint density at radius 3 is 2.65 bits per heavy atom. The Morgan fingerprint density at radius 2 is 1.88 bits per heavy atom. The van der Waals surface area contributed by atoms with Gasteiger partial charge < -0.3 is 20.0 Å². The van der Waals surface area contributed by atoms with Gasteiger partial charge in [0.15, 0.2) is 0 Å². The van der Waals surface area contributed by atoms with Crippen LogP contribution in [0, 0.1) is 6.92 Å². The van der Waals surface area contributed by atoms with Gasteiger partial charge in [-0.15, -0.1) is 0 Å². The first-order chi connectivity index (χ1) is 16.5. The maximum atomic E-state index is 13.2. The number of nitrogens with zero attached hydrogens (tertiary/aromatic N) is 5. The number of rotatable bonds is 6. The molecule has 1 saturated heterocycles. The second-order valence-corrected chi connectivity index (χ2v) is 9.86. The van der Waals surface area contributed by atoms with E-state index in [0.29, 0.717) is 0 Å². The highest BCUT2D eigenvalue weighted by Crippen LogP contribution is 2.36. The Hall–Kier alpha value is -2.97. The van der Waals surface area contributed by atoms with Crippen molar-refractivity contribution < 1.29 is 4.79 Å². The molecule has 1 N–H and O–H groups in total. The number of fused-ring (bicyclic) bond motifs is 1. The Morgan fingerprint density at radius 1 is 1.09 bits per heavy atom. The van der Waals surface area contributed by atoms with Crippen molar-refractivity contribution in [2.45, 2.75) is 26.7 Å². The van der Waals surface area contributed by atoms with E-state index in [1.54, 1.807) is 0 Å². The van der Waals surface area contributed by atoms with Crippen LogP contribution in [0.5, 0.6) is 0 Å². The van der Waals surface area contributed by atoms with Crippen LogP contribution in [0.1, 0.15) is 23.9 Å². The fourth-order valence-corrected chi connectivity index (χ4v) is 5.49. The number of hydrogen-bond donors (Lipinski definition) is 1. The minimum Gasteiger partial charge on any atom is -0.376 e. The molecule has 1 amide bonds.